The van der Waals surface area contributed by atoms with Crippen LogP contribution in [0.5, 0.6) is 5.75 Å². The van der Waals surface area contributed by atoms with Crippen molar-refractivity contribution in [2.45, 2.75) is 58.1 Å². The Balaban J connectivity index is 0.00000320. The van der Waals surface area contributed by atoms with Crippen LogP contribution in [0.15, 0.2) is 29.3 Å². The van der Waals surface area contributed by atoms with Crippen molar-refractivity contribution >= 4 is 35.8 Å². The Bertz CT molecular complexity index is 705. The molecule has 2 aliphatic rings. The lowest BCUT2D eigenvalue weighted by molar-refractivity contribution is -0.125. The highest BCUT2D eigenvalue weighted by Gasteiger charge is 2.56. The summed E-state index contributed by atoms with van der Waals surface area (Å²) in [5.41, 5.74) is 0.774. The SMILES string of the molecule is CCNC(=NCCNC(=O)c1ccc(O)cc1)NC1CC(OCC)C12CCCC2.I. The van der Waals surface area contributed by atoms with Gasteiger partial charge in [-0.15, -0.1) is 24.0 Å². The van der Waals surface area contributed by atoms with Crippen molar-refractivity contribution in [3.05, 3.63) is 29.8 Å². The number of halogens is 1. The van der Waals surface area contributed by atoms with Gasteiger partial charge in [-0.25, -0.2) is 0 Å². The molecule has 1 aromatic rings. The van der Waals surface area contributed by atoms with Gasteiger partial charge in [0.15, 0.2) is 5.96 Å². The predicted molar refractivity (Wildman–Crippen MR) is 130 cm³/mol. The first-order chi connectivity index (χ1) is 14.1. The second-order valence-corrected chi connectivity index (χ2v) is 7.88. The second kappa shape index (κ2) is 11.7. The molecule has 2 atom stereocenters. The van der Waals surface area contributed by atoms with Crippen LogP contribution in [0.2, 0.25) is 0 Å². The van der Waals surface area contributed by atoms with Crippen molar-refractivity contribution in [3.8, 4) is 5.75 Å². The number of hydrogen-bond acceptors (Lipinski definition) is 4. The predicted octanol–water partition coefficient (Wildman–Crippen LogP) is 3.03. The largest absolute Gasteiger partial charge is 0.508 e. The van der Waals surface area contributed by atoms with Gasteiger partial charge in [-0.3, -0.25) is 9.79 Å². The van der Waals surface area contributed by atoms with E-state index in [1.54, 1.807) is 12.1 Å². The molecule has 0 saturated heterocycles. The summed E-state index contributed by atoms with van der Waals surface area (Å²) in [5, 5.41) is 19.1. The van der Waals surface area contributed by atoms with Crippen molar-refractivity contribution < 1.29 is 14.6 Å². The van der Waals surface area contributed by atoms with E-state index in [1.807, 2.05) is 0 Å². The number of nitrogens with one attached hydrogen (secondary N) is 3. The van der Waals surface area contributed by atoms with Gasteiger partial charge in [0.05, 0.1) is 12.6 Å². The molecule has 0 aromatic heterocycles. The summed E-state index contributed by atoms with van der Waals surface area (Å²) >= 11 is 0. The molecule has 7 nitrogen and oxygen atoms in total. The topological polar surface area (TPSA) is 95.0 Å². The number of hydrogen-bond donors (Lipinski definition) is 4. The molecule has 8 heteroatoms. The number of carbonyl (C=O) groups excluding carboxylic acids is 1. The fourth-order valence-electron chi connectivity index (χ4n) is 4.63. The van der Waals surface area contributed by atoms with Gasteiger partial charge < -0.3 is 25.8 Å². The summed E-state index contributed by atoms with van der Waals surface area (Å²) in [7, 11) is 0. The maximum atomic E-state index is 12.1. The van der Waals surface area contributed by atoms with Crippen LogP contribution in [0.25, 0.3) is 0 Å². The Morgan fingerprint density at radius 3 is 2.53 bits per heavy atom. The first kappa shape index (κ1) is 24.7. The quantitative estimate of drug-likeness (QED) is 0.180. The molecule has 3 rings (SSSR count). The first-order valence-corrected chi connectivity index (χ1v) is 10.8. The lowest BCUT2D eigenvalue weighted by atomic mass is 9.60. The van der Waals surface area contributed by atoms with Crippen molar-refractivity contribution in [2.75, 3.05) is 26.2 Å². The number of phenolic OH excluding ortho intramolecular Hbond substituents is 1. The van der Waals surface area contributed by atoms with Gasteiger partial charge in [-0.2, -0.15) is 0 Å². The van der Waals surface area contributed by atoms with E-state index in [1.165, 1.54) is 37.8 Å². The van der Waals surface area contributed by atoms with Crippen LogP contribution < -0.4 is 16.0 Å². The van der Waals surface area contributed by atoms with Crippen LogP contribution >= 0.6 is 24.0 Å². The molecule has 30 heavy (non-hydrogen) atoms. The number of amides is 1. The van der Waals surface area contributed by atoms with Gasteiger partial charge in [0.1, 0.15) is 5.75 Å². The van der Waals surface area contributed by atoms with E-state index in [2.05, 4.69) is 34.8 Å². The molecule has 0 bridgehead atoms. The van der Waals surface area contributed by atoms with Crippen molar-refractivity contribution in [2.24, 2.45) is 10.4 Å². The lowest BCUT2D eigenvalue weighted by Gasteiger charge is -2.54. The summed E-state index contributed by atoms with van der Waals surface area (Å²) in [5.74, 6) is 0.786. The number of guanidine groups is 1. The van der Waals surface area contributed by atoms with E-state index in [4.69, 9.17) is 4.74 Å². The number of benzene rings is 1. The second-order valence-electron chi connectivity index (χ2n) is 7.88. The molecule has 1 aromatic carbocycles. The Hall–Kier alpha value is -1.55. The standard InChI is InChI=1S/C22H34N4O3.HI/c1-3-23-21(25-14-13-24-20(28)16-7-9-17(27)10-8-16)26-18-15-19(29-4-2)22(18)11-5-6-12-22;/h7-10,18-19,27H,3-6,11-15H2,1-2H3,(H,24,28)(H2,23,25,26);1H. The highest BCUT2D eigenvalue weighted by Crippen LogP contribution is 2.54. The maximum absolute atomic E-state index is 12.1. The van der Waals surface area contributed by atoms with Crippen LogP contribution in [0.1, 0.15) is 56.3 Å². The third kappa shape index (κ3) is 5.78. The number of nitrogens with zero attached hydrogens (tertiary/aromatic N) is 1. The van der Waals surface area contributed by atoms with Crippen LogP contribution in [0.3, 0.4) is 0 Å². The van der Waals surface area contributed by atoms with E-state index in [9.17, 15) is 9.90 Å². The van der Waals surface area contributed by atoms with Crippen LogP contribution in [0.4, 0.5) is 0 Å². The fraction of sp³-hybridized carbons (Fsp3) is 0.636. The Kier molecular flexibility index (Phi) is 9.67. The van der Waals surface area contributed by atoms with Crippen molar-refractivity contribution in [1.29, 1.82) is 0 Å². The number of aromatic hydroxyl groups is 1. The molecular weight excluding hydrogens is 495 g/mol. The minimum absolute atomic E-state index is 0. The zero-order valence-electron chi connectivity index (χ0n) is 17.9. The van der Waals surface area contributed by atoms with Gasteiger partial charge in [0.2, 0.25) is 0 Å². The molecule has 2 unspecified atom stereocenters. The van der Waals surface area contributed by atoms with Crippen molar-refractivity contribution in [1.82, 2.24) is 16.0 Å². The summed E-state index contributed by atoms with van der Waals surface area (Å²) in [4.78, 5) is 16.8. The smallest absolute Gasteiger partial charge is 0.251 e. The number of phenols is 1. The minimum Gasteiger partial charge on any atom is -0.508 e. The summed E-state index contributed by atoms with van der Waals surface area (Å²) in [6.45, 7) is 6.63. The molecule has 0 heterocycles. The summed E-state index contributed by atoms with van der Waals surface area (Å²) in [6, 6.07) is 6.62. The molecule has 2 fully saturated rings. The van der Waals surface area contributed by atoms with Crippen molar-refractivity contribution in [3.63, 3.8) is 0 Å². The van der Waals surface area contributed by atoms with Gasteiger partial charge in [0, 0.05) is 36.7 Å². The van der Waals surface area contributed by atoms with Crippen LogP contribution in [-0.2, 0) is 4.74 Å². The van der Waals surface area contributed by atoms with E-state index in [-0.39, 0.29) is 41.0 Å². The summed E-state index contributed by atoms with van der Waals surface area (Å²) < 4.78 is 6.00. The normalized spacial score (nSPS) is 22.1. The molecular formula is C22H35IN4O3. The number of aliphatic imine (C=N–C) groups is 1. The Labute approximate surface area is 196 Å². The van der Waals surface area contributed by atoms with Crippen LogP contribution in [-0.4, -0.2) is 55.4 Å². The maximum Gasteiger partial charge on any atom is 0.251 e. The van der Waals surface area contributed by atoms with Gasteiger partial charge in [0.25, 0.3) is 5.91 Å². The highest BCUT2D eigenvalue weighted by atomic mass is 127. The zero-order chi connectivity index (χ0) is 20.7. The Morgan fingerprint density at radius 1 is 1.20 bits per heavy atom. The molecule has 168 valence electrons. The highest BCUT2D eigenvalue weighted by molar-refractivity contribution is 14.0. The third-order valence-electron chi connectivity index (χ3n) is 6.14. The van der Waals surface area contributed by atoms with Gasteiger partial charge in [-0.05, 0) is 57.4 Å². The molecule has 1 spiro atoms. The summed E-state index contributed by atoms with van der Waals surface area (Å²) in [6.07, 6.45) is 6.38. The Morgan fingerprint density at radius 2 is 1.90 bits per heavy atom. The monoisotopic (exact) mass is 530 g/mol. The van der Waals surface area contributed by atoms with Gasteiger partial charge >= 0.3 is 0 Å². The molecule has 4 N–H and O–H groups in total. The average Bonchev–Trinajstić information content (AvgIpc) is 3.24. The fourth-order valence-corrected chi connectivity index (χ4v) is 4.63. The lowest BCUT2D eigenvalue weighted by Crippen LogP contribution is -2.65. The average molecular weight is 530 g/mol. The van der Waals surface area contributed by atoms with E-state index < -0.39 is 0 Å². The van der Waals surface area contributed by atoms with E-state index in [0.29, 0.717) is 30.8 Å². The van der Waals surface area contributed by atoms with E-state index >= 15 is 0 Å². The number of carbonyl (C=O) groups is 1. The molecule has 1 amide bonds. The number of rotatable bonds is 8. The molecule has 2 saturated carbocycles. The minimum atomic E-state index is -0.165. The number of ether oxygens (including phenoxy) is 1. The molecule has 0 aliphatic heterocycles. The van der Waals surface area contributed by atoms with Crippen LogP contribution in [0, 0.1) is 5.41 Å². The third-order valence-corrected chi connectivity index (χ3v) is 6.14. The first-order valence-electron chi connectivity index (χ1n) is 10.8. The molecule has 0 radical (unpaired) electrons. The molecule has 2 aliphatic carbocycles. The van der Waals surface area contributed by atoms with Gasteiger partial charge in [-0.1, -0.05) is 12.8 Å². The zero-order valence-corrected chi connectivity index (χ0v) is 20.3. The van der Waals surface area contributed by atoms with E-state index in [0.717, 1.165) is 25.5 Å².